The summed E-state index contributed by atoms with van der Waals surface area (Å²) in [7, 11) is 0. The molecule has 1 heterocycles. The maximum Gasteiger partial charge on any atom is 0.0188 e. The number of hydrogen-bond acceptors (Lipinski definition) is 2. The average molecular weight is 171 g/mol. The van der Waals surface area contributed by atoms with Gasteiger partial charge in [0.1, 0.15) is 0 Å². The number of thioether (sulfide) groups is 1. The molecule has 0 aromatic heterocycles. The van der Waals surface area contributed by atoms with Crippen LogP contribution in [0.25, 0.3) is 0 Å². The summed E-state index contributed by atoms with van der Waals surface area (Å²) in [4.78, 5) is 0. The fraction of sp³-hybridized carbons (Fsp3) is 1.00. The Morgan fingerprint density at radius 3 is 2.82 bits per heavy atom. The first-order valence-corrected chi connectivity index (χ1v) is 5.85. The second kappa shape index (κ2) is 3.36. The van der Waals surface area contributed by atoms with Crippen LogP contribution in [0.1, 0.15) is 26.2 Å². The van der Waals surface area contributed by atoms with Crippen molar-refractivity contribution >= 4 is 11.8 Å². The molecule has 11 heavy (non-hydrogen) atoms. The molecule has 0 bridgehead atoms. The molecule has 1 nitrogen and oxygen atoms in total. The SMILES string of the molecule is CC1CCSCC(C2CC2)N1. The average Bonchev–Trinajstić information content (AvgIpc) is 2.71. The van der Waals surface area contributed by atoms with Crippen LogP contribution in [0.2, 0.25) is 0 Å². The minimum atomic E-state index is 0.760. The Morgan fingerprint density at radius 1 is 1.27 bits per heavy atom. The molecule has 0 aromatic rings. The molecule has 64 valence electrons. The van der Waals surface area contributed by atoms with E-state index in [-0.39, 0.29) is 0 Å². The lowest BCUT2D eigenvalue weighted by molar-refractivity contribution is 0.439. The van der Waals surface area contributed by atoms with Crippen LogP contribution in [0.3, 0.4) is 0 Å². The van der Waals surface area contributed by atoms with E-state index in [1.807, 2.05) is 0 Å². The Labute approximate surface area is 73.3 Å². The summed E-state index contributed by atoms with van der Waals surface area (Å²) in [6, 6.07) is 1.60. The number of hydrogen-bond donors (Lipinski definition) is 1. The predicted molar refractivity (Wildman–Crippen MR) is 51.1 cm³/mol. The molecule has 0 amide bonds. The van der Waals surface area contributed by atoms with E-state index >= 15 is 0 Å². The van der Waals surface area contributed by atoms with Crippen LogP contribution in [-0.2, 0) is 0 Å². The van der Waals surface area contributed by atoms with Gasteiger partial charge >= 0.3 is 0 Å². The summed E-state index contributed by atoms with van der Waals surface area (Å²) in [5.74, 6) is 3.75. The van der Waals surface area contributed by atoms with Gasteiger partial charge in [-0.25, -0.2) is 0 Å². The number of nitrogens with one attached hydrogen (secondary N) is 1. The highest BCUT2D eigenvalue weighted by molar-refractivity contribution is 7.99. The lowest BCUT2D eigenvalue weighted by atomic mass is 10.1. The van der Waals surface area contributed by atoms with E-state index in [9.17, 15) is 0 Å². The quantitative estimate of drug-likeness (QED) is 0.646. The summed E-state index contributed by atoms with van der Waals surface area (Å²) < 4.78 is 0. The fourth-order valence-electron chi connectivity index (χ4n) is 1.74. The van der Waals surface area contributed by atoms with Gasteiger partial charge in [-0.1, -0.05) is 0 Å². The van der Waals surface area contributed by atoms with E-state index in [0.717, 1.165) is 18.0 Å². The largest absolute Gasteiger partial charge is 0.310 e. The third kappa shape index (κ3) is 2.12. The molecule has 2 fully saturated rings. The maximum atomic E-state index is 3.72. The highest BCUT2D eigenvalue weighted by Gasteiger charge is 2.32. The molecule has 2 aliphatic rings. The lowest BCUT2D eigenvalue weighted by Gasteiger charge is -2.18. The maximum absolute atomic E-state index is 3.72. The van der Waals surface area contributed by atoms with Gasteiger partial charge in [-0.3, -0.25) is 0 Å². The molecule has 0 aromatic carbocycles. The molecule has 1 aliphatic heterocycles. The molecular formula is C9H17NS. The summed E-state index contributed by atoms with van der Waals surface area (Å²) >= 11 is 2.13. The molecule has 0 radical (unpaired) electrons. The summed E-state index contributed by atoms with van der Waals surface area (Å²) in [5, 5.41) is 3.72. The van der Waals surface area contributed by atoms with Crippen LogP contribution in [0.5, 0.6) is 0 Å². The second-order valence-corrected chi connectivity index (χ2v) is 5.03. The van der Waals surface area contributed by atoms with E-state index in [1.54, 1.807) is 0 Å². The third-order valence-electron chi connectivity index (χ3n) is 2.68. The van der Waals surface area contributed by atoms with Crippen molar-refractivity contribution in [2.24, 2.45) is 5.92 Å². The Morgan fingerprint density at radius 2 is 2.09 bits per heavy atom. The van der Waals surface area contributed by atoms with E-state index in [4.69, 9.17) is 0 Å². The monoisotopic (exact) mass is 171 g/mol. The smallest absolute Gasteiger partial charge is 0.0188 e. The van der Waals surface area contributed by atoms with Crippen LogP contribution in [-0.4, -0.2) is 23.6 Å². The summed E-state index contributed by atoms with van der Waals surface area (Å²) in [6.07, 6.45) is 4.31. The van der Waals surface area contributed by atoms with Crippen LogP contribution < -0.4 is 5.32 Å². The second-order valence-electron chi connectivity index (χ2n) is 3.88. The van der Waals surface area contributed by atoms with Crippen molar-refractivity contribution in [1.29, 1.82) is 0 Å². The van der Waals surface area contributed by atoms with Gasteiger partial charge in [0.15, 0.2) is 0 Å². The van der Waals surface area contributed by atoms with Gasteiger partial charge in [-0.15, -0.1) is 0 Å². The highest BCUT2D eigenvalue weighted by atomic mass is 32.2. The van der Waals surface area contributed by atoms with Crippen molar-refractivity contribution in [1.82, 2.24) is 5.32 Å². The van der Waals surface area contributed by atoms with Crippen LogP contribution >= 0.6 is 11.8 Å². The molecule has 1 aliphatic carbocycles. The van der Waals surface area contributed by atoms with E-state index in [2.05, 4.69) is 24.0 Å². The van der Waals surface area contributed by atoms with Crippen molar-refractivity contribution in [3.63, 3.8) is 0 Å². The molecule has 1 saturated heterocycles. The highest BCUT2D eigenvalue weighted by Crippen LogP contribution is 2.35. The molecule has 2 heteroatoms. The zero-order valence-corrected chi connectivity index (χ0v) is 7.99. The lowest BCUT2D eigenvalue weighted by Crippen LogP contribution is -2.38. The first kappa shape index (κ1) is 7.93. The molecule has 0 spiro atoms. The minimum Gasteiger partial charge on any atom is -0.310 e. The molecular weight excluding hydrogens is 154 g/mol. The summed E-state index contributed by atoms with van der Waals surface area (Å²) in [6.45, 7) is 2.32. The first-order chi connectivity index (χ1) is 5.36. The van der Waals surface area contributed by atoms with Crippen molar-refractivity contribution < 1.29 is 0 Å². The molecule has 2 rings (SSSR count). The normalized spacial score (nSPS) is 40.1. The fourth-order valence-corrected chi connectivity index (χ4v) is 3.05. The Hall–Kier alpha value is 0.310. The van der Waals surface area contributed by atoms with E-state index in [1.165, 1.54) is 30.8 Å². The molecule has 2 unspecified atom stereocenters. The topological polar surface area (TPSA) is 12.0 Å². The van der Waals surface area contributed by atoms with Crippen LogP contribution in [0.4, 0.5) is 0 Å². The molecule has 1 N–H and O–H groups in total. The zero-order valence-electron chi connectivity index (χ0n) is 7.18. The first-order valence-electron chi connectivity index (χ1n) is 4.70. The predicted octanol–water partition coefficient (Wildman–Crippen LogP) is 1.88. The van der Waals surface area contributed by atoms with Crippen molar-refractivity contribution in [2.75, 3.05) is 11.5 Å². The van der Waals surface area contributed by atoms with Gasteiger partial charge in [-0.2, -0.15) is 11.8 Å². The van der Waals surface area contributed by atoms with E-state index in [0.29, 0.717) is 0 Å². The molecule has 1 saturated carbocycles. The summed E-state index contributed by atoms with van der Waals surface area (Å²) in [5.41, 5.74) is 0. The van der Waals surface area contributed by atoms with Crippen LogP contribution in [0.15, 0.2) is 0 Å². The minimum absolute atomic E-state index is 0.760. The third-order valence-corrected chi connectivity index (χ3v) is 3.80. The van der Waals surface area contributed by atoms with E-state index < -0.39 is 0 Å². The van der Waals surface area contributed by atoms with Crippen molar-refractivity contribution in [2.45, 2.75) is 38.3 Å². The van der Waals surface area contributed by atoms with Gasteiger partial charge in [-0.05, 0) is 37.9 Å². The van der Waals surface area contributed by atoms with Gasteiger partial charge in [0.05, 0.1) is 0 Å². The van der Waals surface area contributed by atoms with Crippen molar-refractivity contribution in [3.05, 3.63) is 0 Å². The van der Waals surface area contributed by atoms with Crippen LogP contribution in [0, 0.1) is 5.92 Å². The Balaban J connectivity index is 1.86. The molecule has 2 atom stereocenters. The van der Waals surface area contributed by atoms with Gasteiger partial charge in [0.2, 0.25) is 0 Å². The standard InChI is InChI=1S/C9H17NS/c1-7-4-5-11-6-9(10-7)8-2-3-8/h7-10H,2-6H2,1H3. The van der Waals surface area contributed by atoms with Gasteiger partial charge in [0, 0.05) is 17.8 Å². The Kier molecular flexibility index (Phi) is 2.42. The van der Waals surface area contributed by atoms with Gasteiger partial charge in [0.25, 0.3) is 0 Å². The van der Waals surface area contributed by atoms with Crippen molar-refractivity contribution in [3.8, 4) is 0 Å². The Bertz CT molecular complexity index is 134. The zero-order chi connectivity index (χ0) is 7.68. The number of rotatable bonds is 1. The van der Waals surface area contributed by atoms with Gasteiger partial charge < -0.3 is 5.32 Å².